The predicted molar refractivity (Wildman–Crippen MR) is 115 cm³/mol. The van der Waals surface area contributed by atoms with Crippen LogP contribution in [0.15, 0.2) is 21.8 Å². The Hall–Kier alpha value is -3.13. The van der Waals surface area contributed by atoms with E-state index in [9.17, 15) is 19.2 Å². The zero-order valence-corrected chi connectivity index (χ0v) is 19.1. The van der Waals surface area contributed by atoms with Gasteiger partial charge in [0, 0.05) is 17.6 Å². The Balaban J connectivity index is 1.68. The lowest BCUT2D eigenvalue weighted by Gasteiger charge is -2.49. The van der Waals surface area contributed by atoms with E-state index >= 15 is 0 Å². The van der Waals surface area contributed by atoms with Gasteiger partial charge in [-0.3, -0.25) is 19.3 Å². The number of thiazole rings is 1. The zero-order valence-electron chi connectivity index (χ0n) is 17.4. The number of aromatic nitrogens is 1. The van der Waals surface area contributed by atoms with Gasteiger partial charge in [0.25, 0.3) is 11.8 Å². The molecule has 0 spiro atoms. The van der Waals surface area contributed by atoms with E-state index in [0.717, 1.165) is 11.3 Å². The third kappa shape index (κ3) is 4.70. The Labute approximate surface area is 191 Å². The molecule has 2 aliphatic rings. The van der Waals surface area contributed by atoms with Crippen molar-refractivity contribution in [3.63, 3.8) is 0 Å². The van der Waals surface area contributed by atoms with Gasteiger partial charge in [-0.15, -0.1) is 23.1 Å². The number of nitrogens with zero attached hydrogens (tertiary/aromatic N) is 3. The molecule has 12 nitrogen and oxygen atoms in total. The highest BCUT2D eigenvalue weighted by Crippen LogP contribution is 2.40. The molecule has 1 unspecified atom stereocenters. The zero-order chi connectivity index (χ0) is 23.4. The Morgan fingerprint density at radius 1 is 1.38 bits per heavy atom. The number of anilines is 1. The van der Waals surface area contributed by atoms with Crippen LogP contribution in [0.25, 0.3) is 0 Å². The normalized spacial score (nSPS) is 20.3. The third-order valence-corrected chi connectivity index (χ3v) is 6.60. The minimum atomic E-state index is -0.889. The number of hydrogen-bond acceptors (Lipinski definition) is 12. The van der Waals surface area contributed by atoms with E-state index in [0.29, 0.717) is 11.3 Å². The fourth-order valence-corrected chi connectivity index (χ4v) is 4.82. The molecule has 0 saturated carbocycles. The SMILES string of the molecule is CCC(=O)OCOC(=O)C1=C(C)CS[C@@H]2C(NC(=O)C(=NOC)c3csc(N)n3)C(=O)N12. The Morgan fingerprint density at radius 2 is 2.12 bits per heavy atom. The number of oxime groups is 1. The summed E-state index contributed by atoms with van der Waals surface area (Å²) in [5.74, 6) is -2.01. The fourth-order valence-electron chi connectivity index (χ4n) is 2.98. The van der Waals surface area contributed by atoms with E-state index in [2.05, 4.69) is 15.5 Å². The summed E-state index contributed by atoms with van der Waals surface area (Å²) in [6, 6.07) is -0.889. The van der Waals surface area contributed by atoms with E-state index in [4.69, 9.17) is 20.0 Å². The highest BCUT2D eigenvalue weighted by molar-refractivity contribution is 8.00. The number of amides is 2. The third-order valence-electron chi connectivity index (χ3n) is 4.50. The summed E-state index contributed by atoms with van der Waals surface area (Å²) in [7, 11) is 1.28. The average molecular weight is 484 g/mol. The Morgan fingerprint density at radius 3 is 2.75 bits per heavy atom. The van der Waals surface area contributed by atoms with Crippen LogP contribution in [0, 0.1) is 0 Å². The number of β-lactam (4-membered cyclic amide) rings is 1. The van der Waals surface area contributed by atoms with Gasteiger partial charge >= 0.3 is 11.9 Å². The van der Waals surface area contributed by atoms with E-state index in [-0.39, 0.29) is 28.7 Å². The van der Waals surface area contributed by atoms with Gasteiger partial charge in [0.15, 0.2) is 10.8 Å². The number of hydrogen-bond donors (Lipinski definition) is 2. The molecule has 0 aliphatic carbocycles. The quantitative estimate of drug-likeness (QED) is 0.172. The topological polar surface area (TPSA) is 163 Å². The Kier molecular flexibility index (Phi) is 7.35. The van der Waals surface area contributed by atoms with Gasteiger partial charge in [0.2, 0.25) is 6.79 Å². The van der Waals surface area contributed by atoms with Crippen LogP contribution in [-0.4, -0.2) is 70.4 Å². The van der Waals surface area contributed by atoms with Crippen molar-refractivity contribution in [2.24, 2.45) is 5.16 Å². The first-order chi connectivity index (χ1) is 15.3. The van der Waals surface area contributed by atoms with Gasteiger partial charge in [-0.25, -0.2) is 9.78 Å². The molecule has 0 radical (unpaired) electrons. The van der Waals surface area contributed by atoms with E-state index in [1.165, 1.54) is 23.8 Å². The first-order valence-corrected chi connectivity index (χ1v) is 11.3. The van der Waals surface area contributed by atoms with Crippen LogP contribution in [0.5, 0.6) is 0 Å². The summed E-state index contributed by atoms with van der Waals surface area (Å²) in [6.07, 6.45) is 0.145. The molecule has 2 atom stereocenters. The maximum Gasteiger partial charge on any atom is 0.357 e. The number of thioether (sulfide) groups is 1. The molecule has 14 heteroatoms. The monoisotopic (exact) mass is 483 g/mol. The minimum absolute atomic E-state index is 0.0786. The number of nitrogen functional groups attached to an aromatic ring is 1. The van der Waals surface area contributed by atoms with Crippen LogP contribution < -0.4 is 11.1 Å². The molecule has 3 rings (SSSR count). The molecule has 1 aromatic heterocycles. The van der Waals surface area contributed by atoms with Gasteiger partial charge in [-0.05, 0) is 12.5 Å². The summed E-state index contributed by atoms with van der Waals surface area (Å²) in [5, 5.41) is 7.59. The molecule has 2 aliphatic heterocycles. The van der Waals surface area contributed by atoms with Gasteiger partial charge < -0.3 is 25.4 Å². The molecular weight excluding hydrogens is 462 g/mol. The van der Waals surface area contributed by atoms with E-state index < -0.39 is 42.0 Å². The second-order valence-electron chi connectivity index (χ2n) is 6.60. The van der Waals surface area contributed by atoms with Gasteiger partial charge in [0.1, 0.15) is 29.9 Å². The second-order valence-corrected chi connectivity index (χ2v) is 8.60. The summed E-state index contributed by atoms with van der Waals surface area (Å²) in [6.45, 7) is 2.77. The van der Waals surface area contributed by atoms with Crippen LogP contribution in [-0.2, 0) is 33.5 Å². The number of nitrogens with two attached hydrogens (primary N) is 1. The van der Waals surface area contributed by atoms with Crippen LogP contribution in [0.4, 0.5) is 5.13 Å². The Bertz CT molecular complexity index is 1010. The fraction of sp³-hybridized carbons (Fsp3) is 0.444. The molecule has 1 fully saturated rings. The number of fused-ring (bicyclic) bond motifs is 1. The van der Waals surface area contributed by atoms with Gasteiger partial charge in [-0.1, -0.05) is 12.1 Å². The van der Waals surface area contributed by atoms with Crippen molar-refractivity contribution in [2.45, 2.75) is 31.7 Å². The number of nitrogens with one attached hydrogen (secondary N) is 1. The van der Waals surface area contributed by atoms with Crippen molar-refractivity contribution in [1.29, 1.82) is 0 Å². The van der Waals surface area contributed by atoms with E-state index in [1.807, 2.05) is 0 Å². The molecule has 0 aromatic carbocycles. The lowest BCUT2D eigenvalue weighted by molar-refractivity contribution is -0.167. The van der Waals surface area contributed by atoms with Crippen LogP contribution in [0.3, 0.4) is 0 Å². The molecule has 1 saturated heterocycles. The van der Waals surface area contributed by atoms with Crippen LogP contribution in [0.1, 0.15) is 26.0 Å². The first kappa shape index (κ1) is 23.5. The number of carbonyl (C=O) groups excluding carboxylic acids is 4. The van der Waals surface area contributed by atoms with Crippen molar-refractivity contribution in [2.75, 3.05) is 25.4 Å². The van der Waals surface area contributed by atoms with Crippen molar-refractivity contribution < 1.29 is 33.5 Å². The average Bonchev–Trinajstić information content (AvgIpc) is 3.20. The molecule has 0 bridgehead atoms. The number of rotatable bonds is 8. The number of carbonyl (C=O) groups is 4. The van der Waals surface area contributed by atoms with Gasteiger partial charge in [0.05, 0.1) is 0 Å². The summed E-state index contributed by atoms with van der Waals surface area (Å²) < 4.78 is 9.74. The molecule has 2 amide bonds. The molecule has 1 aromatic rings. The molecule has 3 heterocycles. The van der Waals surface area contributed by atoms with Crippen molar-refractivity contribution >= 4 is 57.7 Å². The number of ether oxygens (including phenoxy) is 2. The van der Waals surface area contributed by atoms with Crippen LogP contribution in [0.2, 0.25) is 0 Å². The second kappa shape index (κ2) is 9.99. The molecule has 172 valence electrons. The molecule has 32 heavy (non-hydrogen) atoms. The standard InChI is InChI=1S/C18H21N5O7S2/c1-4-10(24)29-7-30-17(27)13-8(2)5-31-16-12(15(26)23(13)16)21-14(25)11(22-28-3)9-6-32-18(19)20-9/h6,12,16H,4-5,7H2,1-3H3,(H2,19,20)(H,21,25)/t12?,16-/m1/s1. The highest BCUT2D eigenvalue weighted by atomic mass is 32.2. The maximum atomic E-state index is 12.8. The van der Waals surface area contributed by atoms with Crippen molar-refractivity contribution in [1.82, 2.24) is 15.2 Å². The highest BCUT2D eigenvalue weighted by Gasteiger charge is 2.54. The predicted octanol–water partition coefficient (Wildman–Crippen LogP) is 0.204. The van der Waals surface area contributed by atoms with Crippen molar-refractivity contribution in [3.8, 4) is 0 Å². The molecular formula is C18H21N5O7S2. The summed E-state index contributed by atoms with van der Waals surface area (Å²) >= 11 is 2.52. The lowest BCUT2D eigenvalue weighted by Crippen LogP contribution is -2.71. The van der Waals surface area contributed by atoms with Crippen LogP contribution >= 0.6 is 23.1 Å². The first-order valence-electron chi connectivity index (χ1n) is 9.39. The largest absolute Gasteiger partial charge is 0.428 e. The number of esters is 2. The van der Waals surface area contributed by atoms with E-state index in [1.54, 1.807) is 19.2 Å². The smallest absolute Gasteiger partial charge is 0.357 e. The van der Waals surface area contributed by atoms with Crippen molar-refractivity contribution in [3.05, 3.63) is 22.3 Å². The van der Waals surface area contributed by atoms with Gasteiger partial charge in [-0.2, -0.15) is 0 Å². The summed E-state index contributed by atoms with van der Waals surface area (Å²) in [5.41, 5.74) is 6.42. The summed E-state index contributed by atoms with van der Waals surface area (Å²) in [4.78, 5) is 59.3. The maximum absolute atomic E-state index is 12.8. The lowest BCUT2D eigenvalue weighted by atomic mass is 10.0. The minimum Gasteiger partial charge on any atom is -0.428 e. The molecule has 3 N–H and O–H groups in total.